The van der Waals surface area contributed by atoms with E-state index in [0.717, 1.165) is 5.56 Å². The van der Waals surface area contributed by atoms with E-state index in [1.807, 2.05) is 6.07 Å². The van der Waals surface area contributed by atoms with Crippen molar-refractivity contribution in [1.82, 2.24) is 15.3 Å². The predicted octanol–water partition coefficient (Wildman–Crippen LogP) is 1.06. The number of carboxylic acids is 1. The van der Waals surface area contributed by atoms with Gasteiger partial charge >= 0.3 is 5.97 Å². The van der Waals surface area contributed by atoms with Crippen molar-refractivity contribution in [3.63, 3.8) is 0 Å². The van der Waals surface area contributed by atoms with Gasteiger partial charge in [-0.15, -0.1) is 0 Å². The largest absolute Gasteiger partial charge is 0.478 e. The van der Waals surface area contributed by atoms with E-state index in [1.54, 1.807) is 12.5 Å². The highest BCUT2D eigenvalue weighted by atomic mass is 16.4. The molecule has 2 N–H and O–H groups in total. The van der Waals surface area contributed by atoms with E-state index in [1.165, 1.54) is 12.5 Å². The summed E-state index contributed by atoms with van der Waals surface area (Å²) in [5.74, 6) is -1.02. The number of hydrogen-bond donors (Lipinski definition) is 2. The number of carboxylic acid groups (broad SMARTS) is 1. The fourth-order valence-electron chi connectivity index (χ4n) is 1.39. The number of carbonyl (C=O) groups is 1. The van der Waals surface area contributed by atoms with Gasteiger partial charge in [-0.25, -0.2) is 14.8 Å². The molecule has 0 bridgehead atoms. The molecular weight excluding hydrogens is 222 g/mol. The molecule has 0 radical (unpaired) electrons. The Morgan fingerprint density at radius 2 is 2.35 bits per heavy atom. The second kappa shape index (κ2) is 5.22. The lowest BCUT2D eigenvalue weighted by Gasteiger charge is -2.05. The van der Waals surface area contributed by atoms with Crippen LogP contribution in [0.4, 0.5) is 0 Å². The number of rotatable bonds is 5. The van der Waals surface area contributed by atoms with Crippen LogP contribution in [0.2, 0.25) is 0 Å². The van der Waals surface area contributed by atoms with E-state index < -0.39 is 5.97 Å². The number of hydrogen-bond acceptors (Lipinski definition) is 5. The van der Waals surface area contributed by atoms with Crippen LogP contribution in [-0.2, 0) is 13.1 Å². The molecule has 2 aromatic rings. The molecule has 0 unspecified atom stereocenters. The monoisotopic (exact) mass is 233 g/mol. The second-order valence-corrected chi connectivity index (χ2v) is 3.42. The van der Waals surface area contributed by atoms with E-state index in [0.29, 0.717) is 18.8 Å². The van der Waals surface area contributed by atoms with Crippen LogP contribution in [0.15, 0.2) is 35.5 Å². The van der Waals surface area contributed by atoms with Gasteiger partial charge in [-0.3, -0.25) is 0 Å². The Balaban J connectivity index is 1.97. The Morgan fingerprint density at radius 3 is 3.06 bits per heavy atom. The van der Waals surface area contributed by atoms with Crippen LogP contribution in [0.3, 0.4) is 0 Å². The third-order valence-corrected chi connectivity index (χ3v) is 2.23. The number of aromatic carboxylic acids is 1. The maximum atomic E-state index is 10.9. The van der Waals surface area contributed by atoms with E-state index in [2.05, 4.69) is 15.3 Å². The van der Waals surface area contributed by atoms with Gasteiger partial charge in [0.15, 0.2) is 0 Å². The Bertz CT molecular complexity index is 496. The Morgan fingerprint density at radius 1 is 1.47 bits per heavy atom. The average molecular weight is 233 g/mol. The first-order valence-corrected chi connectivity index (χ1v) is 5.01. The van der Waals surface area contributed by atoms with Crippen LogP contribution in [0.1, 0.15) is 21.6 Å². The summed E-state index contributed by atoms with van der Waals surface area (Å²) >= 11 is 0. The Labute approximate surface area is 97.3 Å². The molecule has 0 saturated carbocycles. The molecule has 0 saturated heterocycles. The number of nitrogens with zero attached hydrogens (tertiary/aromatic N) is 2. The lowest BCUT2D eigenvalue weighted by Crippen LogP contribution is -2.16. The Kier molecular flexibility index (Phi) is 3.46. The maximum absolute atomic E-state index is 10.9. The smallest absolute Gasteiger partial charge is 0.339 e. The molecule has 6 nitrogen and oxygen atoms in total. The molecule has 0 aliphatic rings. The molecule has 0 aliphatic heterocycles. The first kappa shape index (κ1) is 11.3. The zero-order chi connectivity index (χ0) is 12.1. The molecule has 88 valence electrons. The Hall–Kier alpha value is -2.21. The van der Waals surface area contributed by atoms with Gasteiger partial charge < -0.3 is 14.8 Å². The van der Waals surface area contributed by atoms with Crippen molar-refractivity contribution in [2.75, 3.05) is 0 Å². The number of aromatic nitrogens is 2. The van der Waals surface area contributed by atoms with Gasteiger partial charge in [-0.1, -0.05) is 0 Å². The first-order valence-electron chi connectivity index (χ1n) is 5.01. The predicted molar refractivity (Wildman–Crippen MR) is 58.2 cm³/mol. The molecule has 2 heterocycles. The minimum Gasteiger partial charge on any atom is -0.478 e. The van der Waals surface area contributed by atoms with Gasteiger partial charge in [-0.05, 0) is 6.07 Å². The van der Waals surface area contributed by atoms with Crippen molar-refractivity contribution in [3.05, 3.63) is 47.9 Å². The second-order valence-electron chi connectivity index (χ2n) is 3.42. The molecule has 6 heteroatoms. The summed E-state index contributed by atoms with van der Waals surface area (Å²) in [5, 5.41) is 12.0. The minimum atomic E-state index is -1.02. The number of furan rings is 1. The fourth-order valence-corrected chi connectivity index (χ4v) is 1.39. The van der Waals surface area contributed by atoms with Gasteiger partial charge in [0.05, 0.1) is 18.2 Å². The van der Waals surface area contributed by atoms with Gasteiger partial charge in [0.2, 0.25) is 0 Å². The summed E-state index contributed by atoms with van der Waals surface area (Å²) in [6.07, 6.45) is 5.85. The SMILES string of the molecule is O=C(O)c1cncnc1CNCc1ccoc1. The van der Waals surface area contributed by atoms with Gasteiger partial charge in [0.1, 0.15) is 11.9 Å². The summed E-state index contributed by atoms with van der Waals surface area (Å²) in [4.78, 5) is 18.5. The van der Waals surface area contributed by atoms with Crippen LogP contribution in [0.25, 0.3) is 0 Å². The van der Waals surface area contributed by atoms with Gasteiger partial charge in [-0.2, -0.15) is 0 Å². The fraction of sp³-hybridized carbons (Fsp3) is 0.182. The summed E-state index contributed by atoms with van der Waals surface area (Å²) in [7, 11) is 0. The molecule has 0 aliphatic carbocycles. The molecule has 0 spiro atoms. The maximum Gasteiger partial charge on any atom is 0.339 e. The summed E-state index contributed by atoms with van der Waals surface area (Å²) in [5.41, 5.74) is 1.58. The van der Waals surface area contributed by atoms with Crippen LogP contribution >= 0.6 is 0 Å². The molecule has 2 rings (SSSR count). The number of nitrogens with one attached hydrogen (secondary N) is 1. The highest BCUT2D eigenvalue weighted by Gasteiger charge is 2.10. The lowest BCUT2D eigenvalue weighted by atomic mass is 10.2. The molecule has 0 atom stereocenters. The standard InChI is InChI=1S/C11H11N3O3/c15-11(16)9-4-13-7-14-10(9)5-12-3-8-1-2-17-6-8/h1-2,4,6-7,12H,3,5H2,(H,15,16). The first-order chi connectivity index (χ1) is 8.27. The third kappa shape index (κ3) is 2.88. The molecule has 2 aromatic heterocycles. The van der Waals surface area contributed by atoms with E-state index in [9.17, 15) is 4.79 Å². The average Bonchev–Trinajstić information content (AvgIpc) is 2.82. The highest BCUT2D eigenvalue weighted by Crippen LogP contribution is 2.04. The van der Waals surface area contributed by atoms with Crippen molar-refractivity contribution < 1.29 is 14.3 Å². The van der Waals surface area contributed by atoms with Crippen LogP contribution in [0.5, 0.6) is 0 Å². The van der Waals surface area contributed by atoms with Crippen molar-refractivity contribution in [1.29, 1.82) is 0 Å². The van der Waals surface area contributed by atoms with E-state index >= 15 is 0 Å². The summed E-state index contributed by atoms with van der Waals surface area (Å²) in [6.45, 7) is 0.967. The van der Waals surface area contributed by atoms with E-state index in [-0.39, 0.29) is 5.56 Å². The van der Waals surface area contributed by atoms with Gasteiger partial charge in [0, 0.05) is 24.8 Å². The molecule has 0 aromatic carbocycles. The van der Waals surface area contributed by atoms with Crippen molar-refractivity contribution in [2.24, 2.45) is 0 Å². The zero-order valence-corrected chi connectivity index (χ0v) is 8.96. The molecular formula is C11H11N3O3. The quantitative estimate of drug-likeness (QED) is 0.802. The summed E-state index contributed by atoms with van der Waals surface area (Å²) < 4.78 is 4.92. The topological polar surface area (TPSA) is 88.2 Å². The van der Waals surface area contributed by atoms with Crippen LogP contribution in [-0.4, -0.2) is 21.0 Å². The zero-order valence-electron chi connectivity index (χ0n) is 8.96. The van der Waals surface area contributed by atoms with Crippen molar-refractivity contribution in [3.8, 4) is 0 Å². The molecule has 0 amide bonds. The van der Waals surface area contributed by atoms with Crippen molar-refractivity contribution >= 4 is 5.97 Å². The normalized spacial score (nSPS) is 10.4. The molecule has 0 fully saturated rings. The van der Waals surface area contributed by atoms with Crippen molar-refractivity contribution in [2.45, 2.75) is 13.1 Å². The molecule has 17 heavy (non-hydrogen) atoms. The van der Waals surface area contributed by atoms with Gasteiger partial charge in [0.25, 0.3) is 0 Å². The van der Waals surface area contributed by atoms with Crippen LogP contribution in [0, 0.1) is 0 Å². The third-order valence-electron chi connectivity index (χ3n) is 2.23. The minimum absolute atomic E-state index is 0.118. The van der Waals surface area contributed by atoms with Crippen LogP contribution < -0.4 is 5.32 Å². The summed E-state index contributed by atoms with van der Waals surface area (Å²) in [6, 6.07) is 1.84. The van der Waals surface area contributed by atoms with E-state index in [4.69, 9.17) is 9.52 Å². The lowest BCUT2D eigenvalue weighted by molar-refractivity contribution is 0.0694. The highest BCUT2D eigenvalue weighted by molar-refractivity contribution is 5.88.